The quantitative estimate of drug-likeness (QED) is 0.768. The van der Waals surface area contributed by atoms with Crippen molar-refractivity contribution in [3.05, 3.63) is 41.5 Å². The predicted molar refractivity (Wildman–Crippen MR) is 85.3 cm³/mol. The molecule has 0 radical (unpaired) electrons. The second-order valence-electron chi connectivity index (χ2n) is 5.73. The van der Waals surface area contributed by atoms with Gasteiger partial charge >= 0.3 is 0 Å². The molecule has 1 aromatic rings. The van der Waals surface area contributed by atoms with Gasteiger partial charge in [0.25, 0.3) is 0 Å². The number of nitrogens with one attached hydrogen (secondary N) is 1. The van der Waals surface area contributed by atoms with Gasteiger partial charge in [-0.15, -0.1) is 0 Å². The van der Waals surface area contributed by atoms with E-state index >= 15 is 0 Å². The van der Waals surface area contributed by atoms with E-state index in [0.717, 1.165) is 25.1 Å². The van der Waals surface area contributed by atoms with E-state index in [-0.39, 0.29) is 6.10 Å². The second kappa shape index (κ2) is 7.49. The lowest BCUT2D eigenvalue weighted by Crippen LogP contribution is -2.22. The van der Waals surface area contributed by atoms with Crippen molar-refractivity contribution in [1.82, 2.24) is 5.32 Å². The number of allylic oxidation sites excluding steroid dienone is 1. The van der Waals surface area contributed by atoms with Gasteiger partial charge in [0.1, 0.15) is 11.9 Å². The lowest BCUT2D eigenvalue weighted by atomic mass is 10.0. The van der Waals surface area contributed by atoms with Crippen LogP contribution in [0.2, 0.25) is 0 Å². The topological polar surface area (TPSA) is 21.3 Å². The molecule has 2 rings (SSSR count). The maximum absolute atomic E-state index is 6.24. The van der Waals surface area contributed by atoms with Gasteiger partial charge in [-0.2, -0.15) is 0 Å². The summed E-state index contributed by atoms with van der Waals surface area (Å²) in [6.07, 6.45) is 9.38. The SMILES string of the molecule is CCCNC(C)c1ccc(C)cc1OC1C=CCCC1. The van der Waals surface area contributed by atoms with Gasteiger partial charge in [0, 0.05) is 11.6 Å². The van der Waals surface area contributed by atoms with Crippen LogP contribution in [0.5, 0.6) is 5.75 Å². The maximum atomic E-state index is 6.24. The van der Waals surface area contributed by atoms with Crippen molar-refractivity contribution in [1.29, 1.82) is 0 Å². The first-order valence-electron chi connectivity index (χ1n) is 7.88. The first kappa shape index (κ1) is 15.1. The molecule has 2 heteroatoms. The molecule has 1 aromatic carbocycles. The zero-order valence-corrected chi connectivity index (χ0v) is 13.0. The van der Waals surface area contributed by atoms with Crippen LogP contribution >= 0.6 is 0 Å². The highest BCUT2D eigenvalue weighted by Gasteiger charge is 2.15. The summed E-state index contributed by atoms with van der Waals surface area (Å²) < 4.78 is 6.24. The monoisotopic (exact) mass is 273 g/mol. The molecule has 0 heterocycles. The highest BCUT2D eigenvalue weighted by molar-refractivity contribution is 5.39. The van der Waals surface area contributed by atoms with Gasteiger partial charge in [-0.3, -0.25) is 0 Å². The number of hydrogen-bond acceptors (Lipinski definition) is 2. The van der Waals surface area contributed by atoms with E-state index in [1.54, 1.807) is 0 Å². The molecule has 2 nitrogen and oxygen atoms in total. The zero-order chi connectivity index (χ0) is 14.4. The van der Waals surface area contributed by atoms with Crippen molar-refractivity contribution in [2.45, 2.75) is 58.6 Å². The van der Waals surface area contributed by atoms with Gasteiger partial charge in [0.05, 0.1) is 0 Å². The van der Waals surface area contributed by atoms with Gasteiger partial charge < -0.3 is 10.1 Å². The largest absolute Gasteiger partial charge is 0.486 e. The Hall–Kier alpha value is -1.28. The summed E-state index contributed by atoms with van der Waals surface area (Å²) in [5.74, 6) is 1.04. The number of rotatable bonds is 6. The number of aryl methyl sites for hydroxylation is 1. The van der Waals surface area contributed by atoms with Crippen molar-refractivity contribution < 1.29 is 4.74 Å². The molecule has 1 N–H and O–H groups in total. The van der Waals surface area contributed by atoms with Crippen LogP contribution in [0.4, 0.5) is 0 Å². The third-order valence-electron chi connectivity index (χ3n) is 3.82. The lowest BCUT2D eigenvalue weighted by Gasteiger charge is -2.23. The van der Waals surface area contributed by atoms with Crippen molar-refractivity contribution in [3.8, 4) is 5.75 Å². The smallest absolute Gasteiger partial charge is 0.125 e. The van der Waals surface area contributed by atoms with E-state index in [9.17, 15) is 0 Å². The molecule has 1 aliphatic carbocycles. The van der Waals surface area contributed by atoms with Crippen LogP contribution in [-0.2, 0) is 0 Å². The molecule has 0 saturated carbocycles. The van der Waals surface area contributed by atoms with Crippen LogP contribution in [0.1, 0.15) is 56.7 Å². The molecule has 2 unspecified atom stereocenters. The molecule has 0 amide bonds. The molecule has 20 heavy (non-hydrogen) atoms. The van der Waals surface area contributed by atoms with Crippen LogP contribution < -0.4 is 10.1 Å². The Labute approximate surface area is 123 Å². The average Bonchev–Trinajstić information content (AvgIpc) is 2.46. The first-order chi connectivity index (χ1) is 9.70. The maximum Gasteiger partial charge on any atom is 0.125 e. The van der Waals surface area contributed by atoms with E-state index in [1.807, 2.05) is 0 Å². The summed E-state index contributed by atoms with van der Waals surface area (Å²) in [6, 6.07) is 6.87. The van der Waals surface area contributed by atoms with Gasteiger partial charge in [0.2, 0.25) is 0 Å². The molecular formula is C18H27NO. The fourth-order valence-corrected chi connectivity index (χ4v) is 2.61. The van der Waals surface area contributed by atoms with Crippen molar-refractivity contribution in [2.24, 2.45) is 0 Å². The Balaban J connectivity index is 2.14. The normalized spacial score (nSPS) is 19.9. The third-order valence-corrected chi connectivity index (χ3v) is 3.82. The summed E-state index contributed by atoms with van der Waals surface area (Å²) in [4.78, 5) is 0. The van der Waals surface area contributed by atoms with Crippen LogP contribution in [0.25, 0.3) is 0 Å². The lowest BCUT2D eigenvalue weighted by molar-refractivity contribution is 0.226. The summed E-state index contributed by atoms with van der Waals surface area (Å²) in [7, 11) is 0. The summed E-state index contributed by atoms with van der Waals surface area (Å²) in [6.45, 7) is 7.57. The van der Waals surface area contributed by atoms with Gasteiger partial charge in [-0.05, 0) is 63.8 Å². The van der Waals surface area contributed by atoms with Crippen LogP contribution in [0, 0.1) is 6.92 Å². The summed E-state index contributed by atoms with van der Waals surface area (Å²) in [5.41, 5.74) is 2.52. The Morgan fingerprint density at radius 3 is 2.95 bits per heavy atom. The fourth-order valence-electron chi connectivity index (χ4n) is 2.61. The molecule has 0 aromatic heterocycles. The minimum Gasteiger partial charge on any atom is -0.486 e. The standard InChI is InChI=1S/C18H27NO/c1-4-12-19-15(3)17-11-10-14(2)13-18(17)20-16-8-6-5-7-9-16/h6,8,10-11,13,15-16,19H,4-5,7,9,12H2,1-3H3. The Kier molecular flexibility index (Phi) is 5.66. The number of ether oxygens (including phenoxy) is 1. The zero-order valence-electron chi connectivity index (χ0n) is 13.0. The van der Waals surface area contributed by atoms with Crippen molar-refractivity contribution in [2.75, 3.05) is 6.54 Å². The Bertz CT molecular complexity index is 453. The molecule has 0 aliphatic heterocycles. The molecule has 0 bridgehead atoms. The highest BCUT2D eigenvalue weighted by Crippen LogP contribution is 2.29. The highest BCUT2D eigenvalue weighted by atomic mass is 16.5. The first-order valence-corrected chi connectivity index (χ1v) is 7.88. The molecule has 110 valence electrons. The Morgan fingerprint density at radius 2 is 2.25 bits per heavy atom. The predicted octanol–water partition coefficient (Wildman–Crippen LogP) is 4.54. The van der Waals surface area contributed by atoms with Crippen LogP contribution in [-0.4, -0.2) is 12.6 Å². The summed E-state index contributed by atoms with van der Waals surface area (Å²) >= 11 is 0. The minimum absolute atomic E-state index is 0.239. The third kappa shape index (κ3) is 4.11. The van der Waals surface area contributed by atoms with E-state index < -0.39 is 0 Å². The number of hydrogen-bond donors (Lipinski definition) is 1. The molecule has 1 aliphatic rings. The van der Waals surface area contributed by atoms with Gasteiger partial charge in [0.15, 0.2) is 0 Å². The van der Waals surface area contributed by atoms with E-state index in [2.05, 4.69) is 56.4 Å². The molecule has 2 atom stereocenters. The van der Waals surface area contributed by atoms with Crippen molar-refractivity contribution in [3.63, 3.8) is 0 Å². The number of benzene rings is 1. The van der Waals surface area contributed by atoms with Crippen LogP contribution in [0.15, 0.2) is 30.4 Å². The Morgan fingerprint density at radius 1 is 1.40 bits per heavy atom. The van der Waals surface area contributed by atoms with E-state index in [4.69, 9.17) is 4.74 Å². The molecule has 0 spiro atoms. The minimum atomic E-state index is 0.239. The average molecular weight is 273 g/mol. The van der Waals surface area contributed by atoms with E-state index in [0.29, 0.717) is 6.04 Å². The molecule has 0 fully saturated rings. The molecule has 0 saturated heterocycles. The van der Waals surface area contributed by atoms with Crippen LogP contribution in [0.3, 0.4) is 0 Å². The molecular weight excluding hydrogens is 246 g/mol. The fraction of sp³-hybridized carbons (Fsp3) is 0.556. The second-order valence-corrected chi connectivity index (χ2v) is 5.73. The summed E-state index contributed by atoms with van der Waals surface area (Å²) in [5, 5.41) is 3.55. The van der Waals surface area contributed by atoms with E-state index in [1.165, 1.54) is 24.0 Å². The van der Waals surface area contributed by atoms with Gasteiger partial charge in [-0.25, -0.2) is 0 Å². The van der Waals surface area contributed by atoms with Gasteiger partial charge in [-0.1, -0.05) is 25.1 Å². The van der Waals surface area contributed by atoms with Crippen molar-refractivity contribution >= 4 is 0 Å².